The standard InChI is InChI=1S/C37H64O2/c1-10-26(6)31(22-25(4)5)35(38)39-29-18-20-36(8)28(23-29)14-15-30-33-17-16-32(27(7)13-11-12-24(2)3)37(33,9)21-19-34(30)36/h14,24-27,29-34H,10-13,15-23H2,1-9H3/t26?,27-,29+,30+,31?,32-,33+,34+,36+,37-/m1/s1. The Bertz CT molecular complexity index is 855. The number of esters is 1. The molecule has 3 saturated carbocycles. The smallest absolute Gasteiger partial charge is 0.309 e. The number of fused-ring (bicyclic) bond motifs is 5. The summed E-state index contributed by atoms with van der Waals surface area (Å²) in [6, 6.07) is 0. The van der Waals surface area contributed by atoms with Crippen LogP contribution in [0.5, 0.6) is 0 Å². The molecular formula is C37H64O2. The van der Waals surface area contributed by atoms with Gasteiger partial charge < -0.3 is 4.74 Å². The molecule has 0 heterocycles. The third kappa shape index (κ3) is 6.35. The molecule has 4 rings (SSSR count). The van der Waals surface area contributed by atoms with Crippen molar-refractivity contribution in [2.75, 3.05) is 0 Å². The number of hydrogen-bond donors (Lipinski definition) is 0. The van der Waals surface area contributed by atoms with Crippen molar-refractivity contribution in [1.82, 2.24) is 0 Å². The van der Waals surface area contributed by atoms with Gasteiger partial charge in [0.1, 0.15) is 6.10 Å². The second-order valence-electron chi connectivity index (χ2n) is 16.2. The molecule has 0 bridgehead atoms. The molecule has 4 aliphatic carbocycles. The largest absolute Gasteiger partial charge is 0.462 e. The molecule has 0 saturated heterocycles. The van der Waals surface area contributed by atoms with E-state index in [9.17, 15) is 4.79 Å². The number of carbonyl (C=O) groups excluding carboxylic acids is 1. The number of carbonyl (C=O) groups is 1. The van der Waals surface area contributed by atoms with Crippen molar-refractivity contribution in [1.29, 1.82) is 0 Å². The van der Waals surface area contributed by atoms with Crippen LogP contribution in [0.15, 0.2) is 11.6 Å². The van der Waals surface area contributed by atoms with Crippen LogP contribution in [0.1, 0.15) is 146 Å². The average Bonchev–Trinajstić information content (AvgIpc) is 3.24. The summed E-state index contributed by atoms with van der Waals surface area (Å²) in [5, 5.41) is 0. The lowest BCUT2D eigenvalue weighted by Crippen LogP contribution is -2.51. The van der Waals surface area contributed by atoms with Crippen molar-refractivity contribution in [2.45, 2.75) is 152 Å². The number of allylic oxidation sites excluding steroid dienone is 1. The van der Waals surface area contributed by atoms with E-state index in [0.29, 0.717) is 22.7 Å². The first-order chi connectivity index (χ1) is 18.4. The summed E-state index contributed by atoms with van der Waals surface area (Å²) in [7, 11) is 0. The minimum Gasteiger partial charge on any atom is -0.462 e. The zero-order valence-corrected chi connectivity index (χ0v) is 27.4. The number of hydrogen-bond acceptors (Lipinski definition) is 2. The van der Waals surface area contributed by atoms with Crippen LogP contribution < -0.4 is 0 Å². The molecule has 2 unspecified atom stereocenters. The van der Waals surface area contributed by atoms with Crippen LogP contribution in [-0.2, 0) is 9.53 Å². The summed E-state index contributed by atoms with van der Waals surface area (Å²) in [5.41, 5.74) is 2.51. The van der Waals surface area contributed by atoms with E-state index < -0.39 is 0 Å². The molecular weight excluding hydrogens is 476 g/mol. The normalized spacial score (nSPS) is 38.4. The number of rotatable bonds is 11. The Morgan fingerprint density at radius 2 is 1.69 bits per heavy atom. The highest BCUT2D eigenvalue weighted by atomic mass is 16.5. The molecule has 0 N–H and O–H groups in total. The van der Waals surface area contributed by atoms with E-state index in [0.717, 1.165) is 61.2 Å². The van der Waals surface area contributed by atoms with Gasteiger partial charge >= 0.3 is 5.97 Å². The Morgan fingerprint density at radius 1 is 0.949 bits per heavy atom. The second kappa shape index (κ2) is 12.6. The second-order valence-corrected chi connectivity index (χ2v) is 16.2. The van der Waals surface area contributed by atoms with Gasteiger partial charge in [-0.05, 0) is 110 Å². The van der Waals surface area contributed by atoms with Crippen LogP contribution in [0.3, 0.4) is 0 Å². The first kappa shape index (κ1) is 31.2. The lowest BCUT2D eigenvalue weighted by atomic mass is 9.47. The third-order valence-corrected chi connectivity index (χ3v) is 12.9. The Labute approximate surface area is 242 Å². The maximum Gasteiger partial charge on any atom is 0.309 e. The van der Waals surface area contributed by atoms with Crippen LogP contribution in [0.2, 0.25) is 0 Å². The van der Waals surface area contributed by atoms with Crippen LogP contribution in [0.4, 0.5) is 0 Å². The molecule has 3 fully saturated rings. The Balaban J connectivity index is 1.41. The van der Waals surface area contributed by atoms with E-state index in [-0.39, 0.29) is 18.0 Å². The summed E-state index contributed by atoms with van der Waals surface area (Å²) in [5.74, 6) is 6.29. The molecule has 0 aliphatic heterocycles. The third-order valence-electron chi connectivity index (χ3n) is 12.9. The van der Waals surface area contributed by atoms with Gasteiger partial charge in [0.2, 0.25) is 0 Å². The van der Waals surface area contributed by atoms with Gasteiger partial charge in [0.15, 0.2) is 0 Å². The van der Waals surface area contributed by atoms with E-state index in [1.165, 1.54) is 57.8 Å². The molecule has 10 atom stereocenters. The van der Waals surface area contributed by atoms with Gasteiger partial charge in [-0.3, -0.25) is 4.79 Å². The van der Waals surface area contributed by atoms with E-state index in [4.69, 9.17) is 4.74 Å². The highest BCUT2D eigenvalue weighted by Gasteiger charge is 2.59. The minimum absolute atomic E-state index is 0.0483. The fourth-order valence-electron chi connectivity index (χ4n) is 10.4. The summed E-state index contributed by atoms with van der Waals surface area (Å²) in [4.78, 5) is 13.3. The van der Waals surface area contributed by atoms with Crippen molar-refractivity contribution >= 4 is 5.97 Å². The fraction of sp³-hybridized carbons (Fsp3) is 0.919. The van der Waals surface area contributed by atoms with E-state index in [1.807, 2.05) is 0 Å². The van der Waals surface area contributed by atoms with E-state index >= 15 is 0 Å². The zero-order chi connectivity index (χ0) is 28.5. The zero-order valence-electron chi connectivity index (χ0n) is 27.4. The van der Waals surface area contributed by atoms with Crippen molar-refractivity contribution in [2.24, 2.45) is 64.1 Å². The summed E-state index contributed by atoms with van der Waals surface area (Å²) >= 11 is 0. The summed E-state index contributed by atoms with van der Waals surface area (Å²) in [6.45, 7) is 21.5. The molecule has 224 valence electrons. The SMILES string of the molecule is CCC(C)C(CC(C)C)C(=O)O[C@H]1CC[C@@]2(C)C(=CC[C@H]3[C@@H]4CC[C@H]([C@H](C)CCCC(C)C)[C@@]4(C)CC[C@@H]32)C1. The molecule has 0 amide bonds. The van der Waals surface area contributed by atoms with E-state index in [2.05, 4.69) is 68.4 Å². The van der Waals surface area contributed by atoms with Gasteiger partial charge in [-0.2, -0.15) is 0 Å². The molecule has 0 aromatic carbocycles. The molecule has 0 spiro atoms. The predicted octanol–water partition coefficient (Wildman–Crippen LogP) is 10.6. The van der Waals surface area contributed by atoms with Crippen LogP contribution in [0.25, 0.3) is 0 Å². The summed E-state index contributed by atoms with van der Waals surface area (Å²) < 4.78 is 6.30. The topological polar surface area (TPSA) is 26.3 Å². The maximum absolute atomic E-state index is 13.3. The Hall–Kier alpha value is -0.790. The molecule has 39 heavy (non-hydrogen) atoms. The van der Waals surface area contributed by atoms with Gasteiger partial charge in [0.25, 0.3) is 0 Å². The highest BCUT2D eigenvalue weighted by molar-refractivity contribution is 5.73. The molecule has 2 nitrogen and oxygen atoms in total. The molecule has 0 aromatic rings. The Kier molecular flexibility index (Phi) is 10.1. The van der Waals surface area contributed by atoms with Gasteiger partial charge in [-0.1, -0.05) is 99.6 Å². The first-order valence-corrected chi connectivity index (χ1v) is 17.3. The summed E-state index contributed by atoms with van der Waals surface area (Å²) in [6.07, 6.45) is 19.2. The van der Waals surface area contributed by atoms with E-state index in [1.54, 1.807) is 5.57 Å². The highest BCUT2D eigenvalue weighted by Crippen LogP contribution is 2.67. The predicted molar refractivity (Wildman–Crippen MR) is 165 cm³/mol. The lowest BCUT2D eigenvalue weighted by molar-refractivity contribution is -0.159. The van der Waals surface area contributed by atoms with Gasteiger partial charge in [0, 0.05) is 6.42 Å². The van der Waals surface area contributed by atoms with Crippen molar-refractivity contribution in [3.8, 4) is 0 Å². The van der Waals surface area contributed by atoms with Crippen molar-refractivity contribution < 1.29 is 9.53 Å². The quantitative estimate of drug-likeness (QED) is 0.192. The minimum atomic E-state index is 0.0483. The van der Waals surface area contributed by atoms with Crippen LogP contribution in [0, 0.1) is 64.1 Å². The van der Waals surface area contributed by atoms with Crippen molar-refractivity contribution in [3.63, 3.8) is 0 Å². The lowest BCUT2D eigenvalue weighted by Gasteiger charge is -2.58. The monoisotopic (exact) mass is 540 g/mol. The van der Waals surface area contributed by atoms with Crippen LogP contribution in [-0.4, -0.2) is 12.1 Å². The average molecular weight is 541 g/mol. The van der Waals surface area contributed by atoms with Gasteiger partial charge in [-0.15, -0.1) is 0 Å². The molecule has 2 heteroatoms. The Morgan fingerprint density at radius 3 is 2.36 bits per heavy atom. The van der Waals surface area contributed by atoms with Crippen LogP contribution >= 0.6 is 0 Å². The fourth-order valence-corrected chi connectivity index (χ4v) is 10.4. The number of ether oxygens (including phenoxy) is 1. The molecule has 4 aliphatic rings. The molecule has 0 radical (unpaired) electrons. The van der Waals surface area contributed by atoms with Gasteiger partial charge in [-0.25, -0.2) is 0 Å². The maximum atomic E-state index is 13.3. The van der Waals surface area contributed by atoms with Crippen molar-refractivity contribution in [3.05, 3.63) is 11.6 Å². The first-order valence-electron chi connectivity index (χ1n) is 17.3. The molecule has 0 aromatic heterocycles. The van der Waals surface area contributed by atoms with Gasteiger partial charge in [0.05, 0.1) is 5.92 Å².